The first kappa shape index (κ1) is 62.9. The maximum Gasteiger partial charge on any atom is 0.0464 e. The highest BCUT2D eigenvalue weighted by atomic mass is 15.2. The zero-order valence-electron chi connectivity index (χ0n) is 57.6. The molecule has 0 unspecified atom stereocenters. The van der Waals surface area contributed by atoms with Gasteiger partial charge in [0.1, 0.15) is 0 Å². The molecule has 0 saturated carbocycles. The Morgan fingerprint density at radius 2 is 0.245 bits per heavy atom. The predicted molar refractivity (Wildman–Crippen MR) is 416 cm³/mol. The van der Waals surface area contributed by atoms with Gasteiger partial charge in [-0.05, 0) is 326 Å². The van der Waals surface area contributed by atoms with Crippen LogP contribution in [-0.4, -0.2) is 0 Å². The van der Waals surface area contributed by atoms with E-state index in [0.29, 0.717) is 0 Å². The lowest BCUT2D eigenvalue weighted by Gasteiger charge is -2.30. The average Bonchev–Trinajstić information content (AvgIpc) is 0.795. The summed E-state index contributed by atoms with van der Waals surface area (Å²) in [7, 11) is 0. The van der Waals surface area contributed by atoms with E-state index in [4.69, 9.17) is 0 Å². The van der Waals surface area contributed by atoms with Gasteiger partial charge in [-0.15, -0.1) is 0 Å². The largest absolute Gasteiger partial charge is 0.311 e. The van der Waals surface area contributed by atoms with Crippen LogP contribution in [0.5, 0.6) is 0 Å². The summed E-state index contributed by atoms with van der Waals surface area (Å²) in [4.78, 5) is 11.8. The third-order valence-electron chi connectivity index (χ3n) is 20.2. The highest BCUT2D eigenvalue weighted by Crippen LogP contribution is 2.45. The molecule has 4 aliphatic rings. The molecule has 0 radical (unpaired) electrons. The SMILES string of the molecule is Cc1ccc(N(c2ccc(C)cc2)c2ccc(N(c3ccc(C)cc3)c3ccc4c(c3)CC4)cc2)cc1.Cc1ccc(N(c2ccc(C)cc2)c2ccc3c(c2)CC3)cc1.Cc1ccc(N(c2ccc(N(c3ccc(C)cc3)c3ccc4c(c3)CC4)cc2)c2ccc3c(c2)CC3)cc1. The van der Waals surface area contributed by atoms with E-state index >= 15 is 0 Å². The van der Waals surface area contributed by atoms with Crippen molar-refractivity contribution in [2.24, 2.45) is 0 Å². The third kappa shape index (κ3) is 13.4. The molecule has 17 rings (SSSR count). The van der Waals surface area contributed by atoms with Crippen LogP contribution < -0.4 is 24.5 Å². The Morgan fingerprint density at radius 3 is 0.367 bits per heavy atom. The summed E-state index contributed by atoms with van der Waals surface area (Å²) in [6, 6.07) is 107. The molecule has 0 spiro atoms. The van der Waals surface area contributed by atoms with Crippen molar-refractivity contribution in [1.29, 1.82) is 0 Å². The molecule has 482 valence electrons. The molecule has 13 aromatic carbocycles. The smallest absolute Gasteiger partial charge is 0.0464 e. The van der Waals surface area contributed by atoms with Gasteiger partial charge in [-0.3, -0.25) is 0 Å². The van der Waals surface area contributed by atoms with E-state index in [9.17, 15) is 0 Å². The lowest BCUT2D eigenvalue weighted by molar-refractivity contribution is 0.839. The number of nitrogens with zero attached hydrogens (tertiary/aromatic N) is 5. The molecular weight excluding hydrogens is 1190 g/mol. The standard InChI is InChI=1S/C36H32N2.C35H32N2.C22H21N/c1-25-3-13-31(14-4-25)37(35-17-11-27-7-9-29(27)23-35)33-19-21-34(22-20-33)38(32-15-5-26(2)6-16-32)36-18-12-28-8-10-30(28)24-36;1-25-4-13-30(14-5-25)36(31-15-6-26(2)7-16-31)33-20-22-34(23-21-33)37(32-17-8-27(3)9-18-32)35-19-12-28-10-11-29(28)24-35;1-16-3-10-20(11-4-16)23(21-12-5-17(2)6-13-21)22-14-9-18-7-8-19(18)15-22/h3-6,11-24H,7-10H2,1-2H3;4-9,12-24H,10-11H2,1-3H3;3-6,9-15H,7-8H2,1-2H3. The molecule has 0 heterocycles. The van der Waals surface area contributed by atoms with Crippen molar-refractivity contribution in [3.63, 3.8) is 0 Å². The molecule has 0 aromatic heterocycles. The monoisotopic (exact) mass is 1270 g/mol. The molecule has 5 nitrogen and oxygen atoms in total. The van der Waals surface area contributed by atoms with Gasteiger partial charge in [-0.2, -0.15) is 0 Å². The number of fused-ring (bicyclic) bond motifs is 4. The van der Waals surface area contributed by atoms with E-state index < -0.39 is 0 Å². The van der Waals surface area contributed by atoms with Gasteiger partial charge in [0.05, 0.1) is 0 Å². The highest BCUT2D eigenvalue weighted by Gasteiger charge is 2.24. The molecule has 13 aromatic rings. The minimum Gasteiger partial charge on any atom is -0.311 e. The number of hydrogen-bond donors (Lipinski definition) is 0. The Bertz CT molecular complexity index is 4720. The zero-order valence-corrected chi connectivity index (χ0v) is 57.6. The molecule has 0 atom stereocenters. The minimum atomic E-state index is 1.14. The van der Waals surface area contributed by atoms with Gasteiger partial charge < -0.3 is 24.5 Å². The maximum atomic E-state index is 2.38. The van der Waals surface area contributed by atoms with Crippen LogP contribution in [0.4, 0.5) is 85.3 Å². The number of aryl methyl sites for hydroxylation is 15. The van der Waals surface area contributed by atoms with Gasteiger partial charge in [0.2, 0.25) is 0 Å². The molecule has 0 bridgehead atoms. The number of hydrogen-bond acceptors (Lipinski definition) is 5. The van der Waals surface area contributed by atoms with Crippen molar-refractivity contribution < 1.29 is 0 Å². The van der Waals surface area contributed by atoms with Crippen LogP contribution in [0, 0.1) is 48.5 Å². The summed E-state index contributed by atoms with van der Waals surface area (Å²) >= 11 is 0. The van der Waals surface area contributed by atoms with Crippen LogP contribution >= 0.6 is 0 Å². The van der Waals surface area contributed by atoms with Gasteiger partial charge in [0.25, 0.3) is 0 Å². The van der Waals surface area contributed by atoms with E-state index in [1.54, 1.807) is 0 Å². The summed E-state index contributed by atoms with van der Waals surface area (Å²) in [5.74, 6) is 0. The van der Waals surface area contributed by atoms with Crippen LogP contribution in [0.3, 0.4) is 0 Å². The zero-order chi connectivity index (χ0) is 66.8. The first-order valence-corrected chi connectivity index (χ1v) is 35.0. The fourth-order valence-corrected chi connectivity index (χ4v) is 13.9. The number of benzene rings is 13. The van der Waals surface area contributed by atoms with Gasteiger partial charge in [-0.25, -0.2) is 0 Å². The van der Waals surface area contributed by atoms with Crippen LogP contribution in [-0.2, 0) is 51.4 Å². The van der Waals surface area contributed by atoms with Gasteiger partial charge in [-0.1, -0.05) is 148 Å². The Hall–Kier alpha value is -11.1. The van der Waals surface area contributed by atoms with E-state index in [1.807, 2.05) is 0 Å². The van der Waals surface area contributed by atoms with Gasteiger partial charge in [0.15, 0.2) is 0 Å². The van der Waals surface area contributed by atoms with Crippen molar-refractivity contribution in [3.8, 4) is 0 Å². The van der Waals surface area contributed by atoms with Crippen LogP contribution in [0.1, 0.15) is 83.5 Å². The first-order valence-electron chi connectivity index (χ1n) is 35.0. The van der Waals surface area contributed by atoms with Crippen molar-refractivity contribution in [2.75, 3.05) is 24.5 Å². The third-order valence-corrected chi connectivity index (χ3v) is 20.2. The van der Waals surface area contributed by atoms with Gasteiger partial charge >= 0.3 is 0 Å². The second-order valence-corrected chi connectivity index (χ2v) is 27.4. The topological polar surface area (TPSA) is 16.2 Å². The molecular formula is C93H85N5. The van der Waals surface area contributed by atoms with Crippen LogP contribution in [0.15, 0.2) is 291 Å². The second kappa shape index (κ2) is 27.5. The molecule has 0 amide bonds. The van der Waals surface area contributed by atoms with E-state index in [1.165, 1.54) is 186 Å². The van der Waals surface area contributed by atoms with E-state index in [0.717, 1.165) is 34.1 Å². The minimum absolute atomic E-state index is 1.14. The summed E-state index contributed by atoms with van der Waals surface area (Å²) < 4.78 is 0. The molecule has 5 heteroatoms. The Balaban J connectivity index is 0.000000124. The van der Waals surface area contributed by atoms with Crippen LogP contribution in [0.2, 0.25) is 0 Å². The molecule has 98 heavy (non-hydrogen) atoms. The predicted octanol–water partition coefficient (Wildman–Crippen LogP) is 25.0. The lowest BCUT2D eigenvalue weighted by Crippen LogP contribution is -2.15. The van der Waals surface area contributed by atoms with Crippen LogP contribution in [0.25, 0.3) is 0 Å². The summed E-state index contributed by atoms with van der Waals surface area (Å²) in [5.41, 5.74) is 38.5. The van der Waals surface area contributed by atoms with Crippen molar-refractivity contribution in [2.45, 2.75) is 99.8 Å². The Kier molecular flexibility index (Phi) is 17.7. The first-order chi connectivity index (χ1) is 47.9. The van der Waals surface area contributed by atoms with Gasteiger partial charge in [0, 0.05) is 85.3 Å². The van der Waals surface area contributed by atoms with Crippen molar-refractivity contribution in [1.82, 2.24) is 0 Å². The second-order valence-electron chi connectivity index (χ2n) is 27.4. The molecule has 0 N–H and O–H groups in total. The Morgan fingerprint density at radius 1 is 0.133 bits per heavy atom. The fraction of sp³-hybridized carbons (Fsp3) is 0.161. The molecule has 0 saturated heterocycles. The lowest BCUT2D eigenvalue weighted by atomic mass is 9.88. The quantitative estimate of drug-likeness (QED) is 0.101. The number of anilines is 15. The molecule has 0 aliphatic heterocycles. The summed E-state index contributed by atoms with van der Waals surface area (Å²) in [5, 5.41) is 0. The maximum absolute atomic E-state index is 2.38. The Labute approximate surface area is 580 Å². The highest BCUT2D eigenvalue weighted by molar-refractivity contribution is 5.85. The van der Waals surface area contributed by atoms with Crippen molar-refractivity contribution in [3.05, 3.63) is 375 Å². The number of rotatable bonds is 15. The van der Waals surface area contributed by atoms with E-state index in [-0.39, 0.29) is 0 Å². The molecule has 4 aliphatic carbocycles. The molecule has 0 fully saturated rings. The summed E-state index contributed by atoms with van der Waals surface area (Å²) in [6.45, 7) is 14.9. The average molecular weight is 1270 g/mol. The summed E-state index contributed by atoms with van der Waals surface area (Å²) in [6.07, 6.45) is 9.56. The normalized spacial score (nSPS) is 12.5. The fourth-order valence-electron chi connectivity index (χ4n) is 13.9. The van der Waals surface area contributed by atoms with Crippen molar-refractivity contribution >= 4 is 85.3 Å². The van der Waals surface area contributed by atoms with E-state index in [2.05, 4.69) is 364 Å².